The zero-order valence-electron chi connectivity index (χ0n) is 29.3. The number of thiophene rings is 1. The third-order valence-electron chi connectivity index (χ3n) is 11.9. The molecular formula is C51H36S. The molecule has 0 spiro atoms. The summed E-state index contributed by atoms with van der Waals surface area (Å²) < 4.78 is 2.67. The van der Waals surface area contributed by atoms with E-state index in [4.69, 9.17) is 0 Å². The van der Waals surface area contributed by atoms with Gasteiger partial charge < -0.3 is 0 Å². The first kappa shape index (κ1) is 29.9. The lowest BCUT2D eigenvalue weighted by Gasteiger charge is -2.24. The minimum Gasteiger partial charge on any atom is -0.135 e. The minimum absolute atomic E-state index is 0.0157. The van der Waals surface area contributed by atoms with Crippen LogP contribution < -0.4 is 0 Å². The van der Waals surface area contributed by atoms with Gasteiger partial charge in [-0.2, -0.15) is 0 Å². The number of allylic oxidation sites excluding steroid dienone is 4. The van der Waals surface area contributed by atoms with E-state index in [1.54, 1.807) is 0 Å². The lowest BCUT2D eigenvalue weighted by atomic mass is 9.79. The van der Waals surface area contributed by atoms with Gasteiger partial charge in [0.15, 0.2) is 0 Å². The Morgan fingerprint density at radius 2 is 1.10 bits per heavy atom. The van der Waals surface area contributed by atoms with E-state index in [0.29, 0.717) is 0 Å². The molecule has 52 heavy (non-hydrogen) atoms. The third-order valence-corrected chi connectivity index (χ3v) is 13.1. The molecule has 0 saturated heterocycles. The maximum Gasteiger partial charge on any atom is 0.0355 e. The summed E-state index contributed by atoms with van der Waals surface area (Å²) in [5.74, 6) is 0. The van der Waals surface area contributed by atoms with Crippen molar-refractivity contribution in [2.75, 3.05) is 0 Å². The van der Waals surface area contributed by atoms with Crippen LogP contribution in [0.2, 0.25) is 0 Å². The zero-order chi connectivity index (χ0) is 34.6. The summed E-state index contributed by atoms with van der Waals surface area (Å²) in [6.45, 7) is 4.79. The summed E-state index contributed by atoms with van der Waals surface area (Å²) in [7, 11) is 0. The van der Waals surface area contributed by atoms with E-state index in [0.717, 1.165) is 12.8 Å². The molecule has 1 heteroatoms. The first-order valence-corrected chi connectivity index (χ1v) is 19.3. The molecular weight excluding hydrogens is 645 g/mol. The average Bonchev–Trinajstić information content (AvgIpc) is 3.67. The highest BCUT2D eigenvalue weighted by atomic mass is 32.1. The van der Waals surface area contributed by atoms with Crippen LogP contribution in [0.3, 0.4) is 0 Å². The lowest BCUT2D eigenvalue weighted by molar-refractivity contribution is 0.651. The van der Waals surface area contributed by atoms with E-state index >= 15 is 0 Å². The van der Waals surface area contributed by atoms with Crippen molar-refractivity contribution in [1.29, 1.82) is 0 Å². The van der Waals surface area contributed by atoms with E-state index in [2.05, 4.69) is 172 Å². The van der Waals surface area contributed by atoms with E-state index in [9.17, 15) is 0 Å². The number of rotatable bonds is 3. The number of hydrogen-bond acceptors (Lipinski definition) is 1. The van der Waals surface area contributed by atoms with Gasteiger partial charge in [-0.25, -0.2) is 0 Å². The predicted molar refractivity (Wildman–Crippen MR) is 226 cm³/mol. The summed E-state index contributed by atoms with van der Waals surface area (Å²) >= 11 is 1.88. The summed E-state index contributed by atoms with van der Waals surface area (Å²) in [5, 5.41) is 10.4. The quantitative estimate of drug-likeness (QED) is 0.163. The Labute approximate surface area is 308 Å². The molecule has 2 aliphatic rings. The Morgan fingerprint density at radius 3 is 1.96 bits per heavy atom. The van der Waals surface area contributed by atoms with Gasteiger partial charge in [0.05, 0.1) is 0 Å². The zero-order valence-corrected chi connectivity index (χ0v) is 30.2. The van der Waals surface area contributed by atoms with Crippen LogP contribution in [-0.4, -0.2) is 0 Å². The van der Waals surface area contributed by atoms with Gasteiger partial charge in [0, 0.05) is 25.6 Å². The Bertz CT molecular complexity index is 3040. The van der Waals surface area contributed by atoms with Gasteiger partial charge in [0.1, 0.15) is 0 Å². The number of hydrogen-bond donors (Lipinski definition) is 0. The van der Waals surface area contributed by atoms with E-state index in [1.807, 2.05) is 11.3 Å². The van der Waals surface area contributed by atoms with Crippen molar-refractivity contribution in [3.8, 4) is 33.4 Å². The second-order valence-electron chi connectivity index (χ2n) is 15.1. The molecule has 0 fully saturated rings. The molecule has 1 aromatic heterocycles. The van der Waals surface area contributed by atoms with Gasteiger partial charge in [-0.05, 0) is 137 Å². The second kappa shape index (κ2) is 11.1. The topological polar surface area (TPSA) is 0 Å². The number of fused-ring (bicyclic) bond motifs is 8. The molecule has 0 atom stereocenters. The summed E-state index contributed by atoms with van der Waals surface area (Å²) in [5.41, 5.74) is 13.6. The van der Waals surface area contributed by atoms with Crippen LogP contribution in [0.15, 0.2) is 163 Å². The van der Waals surface area contributed by atoms with E-state index < -0.39 is 0 Å². The van der Waals surface area contributed by atoms with Gasteiger partial charge in [0.2, 0.25) is 0 Å². The maximum atomic E-state index is 2.52. The maximum absolute atomic E-state index is 2.52. The molecule has 11 rings (SSSR count). The van der Waals surface area contributed by atoms with Crippen LogP contribution >= 0.6 is 11.3 Å². The molecule has 246 valence electrons. The first-order valence-electron chi connectivity index (χ1n) is 18.5. The van der Waals surface area contributed by atoms with Crippen LogP contribution in [-0.2, 0) is 5.41 Å². The highest BCUT2D eigenvalue weighted by Gasteiger charge is 2.37. The SMILES string of the molecule is CC1(C)C2=C(CCC=C2)c2cc(-c3c4ccccc4c(-c4ccc5sc6ccccc6c5c4)c4ccc(-c5ccc6ccccc6c5)cc34)ccc21. The molecule has 0 saturated carbocycles. The van der Waals surface area contributed by atoms with Crippen LogP contribution in [0.5, 0.6) is 0 Å². The predicted octanol–water partition coefficient (Wildman–Crippen LogP) is 14.9. The van der Waals surface area contributed by atoms with Crippen molar-refractivity contribution < 1.29 is 0 Å². The van der Waals surface area contributed by atoms with E-state index in [1.165, 1.54) is 108 Å². The van der Waals surface area contributed by atoms with E-state index in [-0.39, 0.29) is 5.41 Å². The molecule has 1 heterocycles. The normalized spacial score (nSPS) is 15.0. The monoisotopic (exact) mass is 680 g/mol. The fourth-order valence-electron chi connectivity index (χ4n) is 9.40. The second-order valence-corrected chi connectivity index (χ2v) is 16.2. The Balaban J connectivity index is 1.22. The molecule has 0 nitrogen and oxygen atoms in total. The van der Waals surface area contributed by atoms with Crippen LogP contribution in [0, 0.1) is 0 Å². The molecule has 9 aromatic rings. The minimum atomic E-state index is 0.0157. The van der Waals surface area contributed by atoms with Gasteiger partial charge in [-0.1, -0.05) is 135 Å². The van der Waals surface area contributed by atoms with Gasteiger partial charge in [-0.15, -0.1) is 11.3 Å². The van der Waals surface area contributed by atoms with Gasteiger partial charge in [-0.3, -0.25) is 0 Å². The largest absolute Gasteiger partial charge is 0.135 e. The summed E-state index contributed by atoms with van der Waals surface area (Å²) in [4.78, 5) is 0. The molecule has 8 aromatic carbocycles. The fraction of sp³-hybridized carbons (Fsp3) is 0.0980. The molecule has 2 aliphatic carbocycles. The van der Waals surface area contributed by atoms with Gasteiger partial charge >= 0.3 is 0 Å². The van der Waals surface area contributed by atoms with Crippen molar-refractivity contribution in [2.45, 2.75) is 32.1 Å². The van der Waals surface area contributed by atoms with Crippen LogP contribution in [0.25, 0.3) is 91.4 Å². The van der Waals surface area contributed by atoms with Crippen molar-refractivity contribution >= 4 is 69.4 Å². The Kier molecular flexibility index (Phi) is 6.40. The summed E-state index contributed by atoms with van der Waals surface area (Å²) in [6, 6.07) is 55.1. The highest BCUT2D eigenvalue weighted by molar-refractivity contribution is 7.25. The van der Waals surface area contributed by atoms with Gasteiger partial charge in [0.25, 0.3) is 0 Å². The third kappa shape index (κ3) is 4.33. The highest BCUT2D eigenvalue weighted by Crippen LogP contribution is 2.52. The standard InChI is InChI=1S/C51H36S/c1-51(2)45-17-9-7-13-37(45)42-29-35(22-25-46(42)51)50-40-16-6-5-15-39(40)49(36-23-26-48-43(30-36)38-14-8-10-18-47(38)52-48)41-24-21-34(28-44(41)50)33-20-19-31-11-3-4-12-32(31)27-33/h3-6,8-12,14-30H,7,13H2,1-2H3. The molecule has 0 unspecified atom stereocenters. The van der Waals surface area contributed by atoms with Crippen molar-refractivity contribution in [2.24, 2.45) is 0 Å². The fourth-order valence-corrected chi connectivity index (χ4v) is 10.5. The molecule has 0 N–H and O–H groups in total. The summed E-state index contributed by atoms with van der Waals surface area (Å²) in [6.07, 6.45) is 6.97. The molecule has 0 amide bonds. The molecule has 0 radical (unpaired) electrons. The van der Waals surface area contributed by atoms with Crippen LogP contribution in [0.4, 0.5) is 0 Å². The van der Waals surface area contributed by atoms with Crippen molar-refractivity contribution in [3.63, 3.8) is 0 Å². The van der Waals surface area contributed by atoms with Crippen molar-refractivity contribution in [1.82, 2.24) is 0 Å². The Hall–Kier alpha value is -5.76. The average molecular weight is 681 g/mol. The lowest BCUT2D eigenvalue weighted by Crippen LogP contribution is -2.16. The van der Waals surface area contributed by atoms with Crippen LogP contribution in [0.1, 0.15) is 37.8 Å². The molecule has 0 aliphatic heterocycles. The first-order chi connectivity index (χ1) is 25.5. The van der Waals surface area contributed by atoms with Crippen molar-refractivity contribution in [3.05, 3.63) is 174 Å². The molecule has 0 bridgehead atoms. The smallest absolute Gasteiger partial charge is 0.0355 e. The Morgan fingerprint density at radius 1 is 0.481 bits per heavy atom. The number of benzene rings is 8.